The Balaban J connectivity index is 2.28. The maximum Gasteiger partial charge on any atom is 0.0373 e. The number of hydrogen-bond acceptors (Lipinski definition) is 2. The van der Waals surface area contributed by atoms with Crippen LogP contribution in [0.3, 0.4) is 0 Å². The molecule has 62 valence electrons. The van der Waals surface area contributed by atoms with Gasteiger partial charge in [0.2, 0.25) is 0 Å². The van der Waals surface area contributed by atoms with Gasteiger partial charge in [0.05, 0.1) is 0 Å². The standard InChI is InChI=1S/C10H11NS/c1-8-4-5-9(7-11-8)10-3-2-6-12-10/h3-5,7H,2,6H2,1H3. The molecule has 0 aromatic carbocycles. The fourth-order valence-electron chi connectivity index (χ4n) is 1.23. The van der Waals surface area contributed by atoms with Gasteiger partial charge in [0.1, 0.15) is 0 Å². The van der Waals surface area contributed by atoms with E-state index in [9.17, 15) is 0 Å². The minimum Gasteiger partial charge on any atom is -0.261 e. The lowest BCUT2D eigenvalue weighted by Crippen LogP contribution is -1.82. The molecule has 0 atom stereocenters. The van der Waals surface area contributed by atoms with Gasteiger partial charge in [-0.25, -0.2) is 0 Å². The summed E-state index contributed by atoms with van der Waals surface area (Å²) in [7, 11) is 0. The van der Waals surface area contributed by atoms with Crippen LogP contribution >= 0.6 is 11.8 Å². The van der Waals surface area contributed by atoms with E-state index in [2.05, 4.69) is 23.2 Å². The summed E-state index contributed by atoms with van der Waals surface area (Å²) in [5.41, 5.74) is 2.35. The van der Waals surface area contributed by atoms with Gasteiger partial charge in [0.25, 0.3) is 0 Å². The first-order chi connectivity index (χ1) is 5.86. The molecule has 0 saturated heterocycles. The molecule has 0 spiro atoms. The number of rotatable bonds is 1. The number of aryl methyl sites for hydroxylation is 1. The minimum absolute atomic E-state index is 1.09. The van der Waals surface area contributed by atoms with Crippen molar-refractivity contribution < 1.29 is 0 Å². The Bertz CT molecular complexity index is 300. The molecule has 12 heavy (non-hydrogen) atoms. The molecular weight excluding hydrogens is 166 g/mol. The Morgan fingerprint density at radius 1 is 1.42 bits per heavy atom. The number of nitrogens with zero attached hydrogens (tertiary/aromatic N) is 1. The van der Waals surface area contributed by atoms with Gasteiger partial charge >= 0.3 is 0 Å². The first-order valence-electron chi connectivity index (χ1n) is 4.12. The van der Waals surface area contributed by atoms with Crippen molar-refractivity contribution in [1.82, 2.24) is 4.98 Å². The molecule has 1 aliphatic heterocycles. The topological polar surface area (TPSA) is 12.9 Å². The van der Waals surface area contributed by atoms with Crippen molar-refractivity contribution in [3.8, 4) is 0 Å². The maximum absolute atomic E-state index is 4.27. The minimum atomic E-state index is 1.09. The second kappa shape index (κ2) is 3.31. The molecule has 1 nitrogen and oxygen atoms in total. The molecule has 0 saturated carbocycles. The lowest BCUT2D eigenvalue weighted by atomic mass is 10.2. The third-order valence-electron chi connectivity index (χ3n) is 1.90. The van der Waals surface area contributed by atoms with Gasteiger partial charge < -0.3 is 0 Å². The lowest BCUT2D eigenvalue weighted by Gasteiger charge is -2.00. The van der Waals surface area contributed by atoms with Gasteiger partial charge in [-0.1, -0.05) is 12.1 Å². The highest BCUT2D eigenvalue weighted by atomic mass is 32.2. The van der Waals surface area contributed by atoms with Crippen molar-refractivity contribution >= 4 is 16.7 Å². The van der Waals surface area contributed by atoms with E-state index in [1.165, 1.54) is 22.6 Å². The Kier molecular flexibility index (Phi) is 2.17. The van der Waals surface area contributed by atoms with E-state index in [0.717, 1.165) is 5.69 Å². The van der Waals surface area contributed by atoms with Crippen molar-refractivity contribution in [3.05, 3.63) is 35.7 Å². The maximum atomic E-state index is 4.27. The SMILES string of the molecule is Cc1ccc(C2=CCCS2)cn1. The van der Waals surface area contributed by atoms with Crippen molar-refractivity contribution in [3.63, 3.8) is 0 Å². The lowest BCUT2D eigenvalue weighted by molar-refractivity contribution is 1.19. The highest BCUT2D eigenvalue weighted by Gasteiger charge is 2.06. The van der Waals surface area contributed by atoms with E-state index in [-0.39, 0.29) is 0 Å². The summed E-state index contributed by atoms with van der Waals surface area (Å²) >= 11 is 1.92. The molecule has 1 aliphatic rings. The first kappa shape index (κ1) is 7.87. The number of hydrogen-bond donors (Lipinski definition) is 0. The third kappa shape index (κ3) is 1.53. The predicted molar refractivity (Wildman–Crippen MR) is 54.0 cm³/mol. The molecular formula is C10H11NS. The van der Waals surface area contributed by atoms with Gasteiger partial charge in [-0.2, -0.15) is 0 Å². The van der Waals surface area contributed by atoms with E-state index >= 15 is 0 Å². The Morgan fingerprint density at radius 2 is 2.33 bits per heavy atom. The average molecular weight is 177 g/mol. The van der Waals surface area contributed by atoms with Crippen LogP contribution in [0.4, 0.5) is 0 Å². The van der Waals surface area contributed by atoms with Crippen molar-refractivity contribution in [2.45, 2.75) is 13.3 Å². The van der Waals surface area contributed by atoms with E-state index in [4.69, 9.17) is 0 Å². The predicted octanol–water partition coefficient (Wildman–Crippen LogP) is 2.87. The number of aromatic nitrogens is 1. The zero-order valence-corrected chi connectivity index (χ0v) is 7.90. The van der Waals surface area contributed by atoms with E-state index < -0.39 is 0 Å². The molecule has 0 aliphatic carbocycles. The average Bonchev–Trinajstić information content (AvgIpc) is 2.58. The van der Waals surface area contributed by atoms with Crippen molar-refractivity contribution in [1.29, 1.82) is 0 Å². The molecule has 0 bridgehead atoms. The molecule has 2 rings (SSSR count). The summed E-state index contributed by atoms with van der Waals surface area (Å²) in [5.74, 6) is 1.23. The molecule has 0 amide bonds. The van der Waals surface area contributed by atoms with Gasteiger partial charge in [0, 0.05) is 28.1 Å². The van der Waals surface area contributed by atoms with Crippen LogP contribution in [0, 0.1) is 6.92 Å². The molecule has 0 fully saturated rings. The van der Waals surface area contributed by atoms with Crippen LogP contribution in [-0.4, -0.2) is 10.7 Å². The fourth-order valence-corrected chi connectivity index (χ4v) is 2.21. The molecule has 2 heteroatoms. The van der Waals surface area contributed by atoms with Gasteiger partial charge in [-0.15, -0.1) is 11.8 Å². The highest BCUT2D eigenvalue weighted by molar-refractivity contribution is 8.08. The molecule has 1 aromatic heterocycles. The number of allylic oxidation sites excluding steroid dienone is 1. The Labute approximate surface area is 76.9 Å². The highest BCUT2D eigenvalue weighted by Crippen LogP contribution is 2.33. The van der Waals surface area contributed by atoms with Crippen LogP contribution in [0.25, 0.3) is 4.91 Å². The summed E-state index contributed by atoms with van der Waals surface area (Å²) < 4.78 is 0. The Morgan fingerprint density at radius 3 is 2.92 bits per heavy atom. The molecule has 0 unspecified atom stereocenters. The molecule has 0 N–H and O–H groups in total. The third-order valence-corrected chi connectivity index (χ3v) is 3.05. The Hall–Kier alpha value is -0.760. The summed E-state index contributed by atoms with van der Waals surface area (Å²) in [6.45, 7) is 2.01. The molecule has 2 heterocycles. The van der Waals surface area contributed by atoms with Crippen LogP contribution in [0.1, 0.15) is 17.7 Å². The monoisotopic (exact) mass is 177 g/mol. The molecule has 1 aromatic rings. The van der Waals surface area contributed by atoms with E-state index in [1.807, 2.05) is 24.9 Å². The first-order valence-corrected chi connectivity index (χ1v) is 5.11. The van der Waals surface area contributed by atoms with Crippen LogP contribution in [-0.2, 0) is 0 Å². The van der Waals surface area contributed by atoms with E-state index in [0.29, 0.717) is 0 Å². The van der Waals surface area contributed by atoms with Gasteiger partial charge in [0.15, 0.2) is 0 Å². The zero-order valence-electron chi connectivity index (χ0n) is 7.08. The largest absolute Gasteiger partial charge is 0.261 e. The van der Waals surface area contributed by atoms with Crippen LogP contribution in [0.5, 0.6) is 0 Å². The van der Waals surface area contributed by atoms with Crippen LogP contribution in [0.2, 0.25) is 0 Å². The number of thioether (sulfide) groups is 1. The second-order valence-corrected chi connectivity index (χ2v) is 4.03. The van der Waals surface area contributed by atoms with Crippen molar-refractivity contribution in [2.24, 2.45) is 0 Å². The summed E-state index contributed by atoms with van der Waals surface area (Å²) in [6, 6.07) is 4.21. The molecule has 0 radical (unpaired) electrons. The van der Waals surface area contributed by atoms with E-state index in [1.54, 1.807) is 0 Å². The van der Waals surface area contributed by atoms with Crippen LogP contribution in [0.15, 0.2) is 24.4 Å². The fraction of sp³-hybridized carbons (Fsp3) is 0.300. The summed E-state index contributed by atoms with van der Waals surface area (Å²) in [4.78, 5) is 5.66. The number of pyridine rings is 1. The summed E-state index contributed by atoms with van der Waals surface area (Å²) in [5, 5.41) is 0. The normalized spacial score (nSPS) is 16.2. The zero-order chi connectivity index (χ0) is 8.39. The smallest absolute Gasteiger partial charge is 0.0373 e. The quantitative estimate of drug-likeness (QED) is 0.654. The van der Waals surface area contributed by atoms with Gasteiger partial charge in [-0.05, 0) is 19.4 Å². The second-order valence-electron chi connectivity index (χ2n) is 2.89. The van der Waals surface area contributed by atoms with Crippen LogP contribution < -0.4 is 0 Å². The summed E-state index contributed by atoms with van der Waals surface area (Å²) in [6.07, 6.45) is 5.45. The van der Waals surface area contributed by atoms with Gasteiger partial charge in [-0.3, -0.25) is 4.98 Å². The van der Waals surface area contributed by atoms with Crippen molar-refractivity contribution in [2.75, 3.05) is 5.75 Å².